The normalized spacial score (nSPS) is 13.8. The van der Waals surface area contributed by atoms with Gasteiger partial charge in [0.2, 0.25) is 0 Å². The maximum absolute atomic E-state index is 12.0. The molecule has 2 aromatic carbocycles. The third kappa shape index (κ3) is 5.48. The standard InChI is InChI=1S/C21H25BrN4O3S/c1-21(2,12-27)11-24-20-16-8-17(22)19(9-18(16)25-13-26-20)29-10-14-5-4-6-15(7-14)30(3,23)28/h4-9,13,27H,3,10-12H2,1-2H3,(H2,23,28)(H,24,25,26). The van der Waals surface area contributed by atoms with E-state index in [-0.39, 0.29) is 18.6 Å². The minimum Gasteiger partial charge on any atom is -0.488 e. The van der Waals surface area contributed by atoms with Crippen molar-refractivity contribution < 1.29 is 14.1 Å². The second-order valence-corrected chi connectivity index (χ2v) is 10.6. The molecule has 1 aromatic heterocycles. The van der Waals surface area contributed by atoms with Crippen LogP contribution in [0.5, 0.6) is 5.75 Å². The summed E-state index contributed by atoms with van der Waals surface area (Å²) in [4.78, 5) is 9.16. The molecule has 30 heavy (non-hydrogen) atoms. The molecule has 0 saturated heterocycles. The zero-order valence-electron chi connectivity index (χ0n) is 16.9. The average molecular weight is 493 g/mol. The molecular formula is C21H25BrN4O3S. The summed E-state index contributed by atoms with van der Waals surface area (Å²) in [6.07, 6.45) is 1.49. The van der Waals surface area contributed by atoms with Crippen LogP contribution in [0.2, 0.25) is 0 Å². The van der Waals surface area contributed by atoms with Crippen LogP contribution in [0.15, 0.2) is 52.1 Å². The van der Waals surface area contributed by atoms with E-state index in [1.807, 2.05) is 32.0 Å². The Morgan fingerprint density at radius 1 is 1.30 bits per heavy atom. The molecule has 0 radical (unpaired) electrons. The Morgan fingerprint density at radius 3 is 2.77 bits per heavy atom. The Morgan fingerprint density at radius 2 is 2.07 bits per heavy atom. The summed E-state index contributed by atoms with van der Waals surface area (Å²) in [5.41, 5.74) is 1.29. The molecule has 0 aliphatic rings. The van der Waals surface area contributed by atoms with Gasteiger partial charge in [0.25, 0.3) is 0 Å². The first-order valence-corrected chi connectivity index (χ1v) is 11.8. The zero-order valence-corrected chi connectivity index (χ0v) is 19.3. The van der Waals surface area contributed by atoms with Crippen molar-refractivity contribution in [3.63, 3.8) is 0 Å². The molecule has 0 amide bonds. The Hall–Kier alpha value is -2.20. The molecule has 3 rings (SSSR count). The fourth-order valence-corrected chi connectivity index (χ4v) is 3.82. The Labute approximate surface area is 185 Å². The molecule has 0 saturated carbocycles. The van der Waals surface area contributed by atoms with Crippen molar-refractivity contribution in [1.82, 2.24) is 9.97 Å². The molecule has 4 N–H and O–H groups in total. The predicted molar refractivity (Wildman–Crippen MR) is 125 cm³/mol. The lowest BCUT2D eigenvalue weighted by Gasteiger charge is -2.22. The highest BCUT2D eigenvalue weighted by molar-refractivity contribution is 9.10. The molecule has 1 atom stereocenters. The number of fused-ring (bicyclic) bond motifs is 1. The monoisotopic (exact) mass is 492 g/mol. The Kier molecular flexibility index (Phi) is 6.66. The van der Waals surface area contributed by atoms with Crippen molar-refractivity contribution in [3.8, 4) is 5.75 Å². The number of aromatic nitrogens is 2. The largest absolute Gasteiger partial charge is 0.488 e. The van der Waals surface area contributed by atoms with E-state index in [1.165, 1.54) is 6.33 Å². The number of aliphatic hydroxyl groups excluding tert-OH is 1. The second-order valence-electron chi connectivity index (χ2n) is 7.86. The number of halogens is 1. The van der Waals surface area contributed by atoms with Crippen LogP contribution in [0.25, 0.3) is 10.9 Å². The highest BCUT2D eigenvalue weighted by Crippen LogP contribution is 2.33. The minimum atomic E-state index is -2.77. The molecular weight excluding hydrogens is 468 g/mol. The average Bonchev–Trinajstić information content (AvgIpc) is 2.70. The number of nitrogens with two attached hydrogens (primary N) is 1. The molecule has 7 nitrogen and oxygen atoms in total. The molecule has 1 unspecified atom stereocenters. The van der Waals surface area contributed by atoms with Crippen molar-refractivity contribution in [3.05, 3.63) is 52.8 Å². The van der Waals surface area contributed by atoms with Crippen molar-refractivity contribution in [1.29, 1.82) is 0 Å². The van der Waals surface area contributed by atoms with Crippen molar-refractivity contribution >= 4 is 48.2 Å². The number of nitrogens with zero attached hydrogens (tertiary/aromatic N) is 2. The Balaban J connectivity index is 1.82. The highest BCUT2D eigenvalue weighted by Gasteiger charge is 2.17. The van der Waals surface area contributed by atoms with Crippen LogP contribution in [-0.2, 0) is 16.3 Å². The van der Waals surface area contributed by atoms with Gasteiger partial charge in [-0.15, -0.1) is 0 Å². The fraction of sp³-hybridized carbons (Fsp3) is 0.286. The molecule has 3 aromatic rings. The van der Waals surface area contributed by atoms with Gasteiger partial charge >= 0.3 is 0 Å². The number of hydrogen-bond acceptors (Lipinski definition) is 6. The smallest absolute Gasteiger partial charge is 0.137 e. The summed E-state index contributed by atoms with van der Waals surface area (Å²) in [5, 5.41) is 19.2. The van der Waals surface area contributed by atoms with Gasteiger partial charge in [0.15, 0.2) is 0 Å². The quantitative estimate of drug-likeness (QED) is 0.415. The van der Waals surface area contributed by atoms with E-state index in [9.17, 15) is 9.32 Å². The maximum Gasteiger partial charge on any atom is 0.137 e. The first kappa shape index (κ1) is 22.5. The third-order valence-corrected chi connectivity index (χ3v) is 6.21. The number of aliphatic hydroxyl groups is 1. The second kappa shape index (κ2) is 8.89. The lowest BCUT2D eigenvalue weighted by molar-refractivity contribution is 0.171. The summed E-state index contributed by atoms with van der Waals surface area (Å²) < 4.78 is 18.7. The first-order chi connectivity index (χ1) is 14.1. The molecule has 9 heteroatoms. The number of ether oxygens (including phenoxy) is 1. The molecule has 1 heterocycles. The van der Waals surface area contributed by atoms with E-state index in [0.717, 1.165) is 20.9 Å². The van der Waals surface area contributed by atoms with Gasteiger partial charge in [0, 0.05) is 34.9 Å². The van der Waals surface area contributed by atoms with E-state index in [1.54, 1.807) is 18.2 Å². The highest BCUT2D eigenvalue weighted by atomic mass is 79.9. The number of anilines is 1. The molecule has 0 aliphatic carbocycles. The number of nitrogens with one attached hydrogen (secondary N) is 1. The molecule has 0 fully saturated rings. The van der Waals surface area contributed by atoms with Gasteiger partial charge in [-0.3, -0.25) is 5.14 Å². The van der Waals surface area contributed by atoms with Gasteiger partial charge in [0.05, 0.1) is 19.7 Å². The summed E-state index contributed by atoms with van der Waals surface area (Å²) >= 11 is 3.55. The van der Waals surface area contributed by atoms with Crippen molar-refractivity contribution in [2.75, 3.05) is 18.5 Å². The number of benzene rings is 2. The van der Waals surface area contributed by atoms with Gasteiger partial charge in [-0.05, 0) is 45.6 Å². The maximum atomic E-state index is 12.0. The van der Waals surface area contributed by atoms with E-state index in [4.69, 9.17) is 9.88 Å². The zero-order chi connectivity index (χ0) is 21.9. The minimum absolute atomic E-state index is 0.0686. The van der Waals surface area contributed by atoms with Crippen LogP contribution in [0.1, 0.15) is 19.4 Å². The van der Waals surface area contributed by atoms with E-state index >= 15 is 0 Å². The molecule has 0 spiro atoms. The van der Waals surface area contributed by atoms with Crippen LogP contribution in [0.4, 0.5) is 5.82 Å². The third-order valence-electron chi connectivity index (χ3n) is 4.54. The van der Waals surface area contributed by atoms with Gasteiger partial charge in [-0.2, -0.15) is 0 Å². The summed E-state index contributed by atoms with van der Waals surface area (Å²) in [5.74, 6) is 4.83. The van der Waals surface area contributed by atoms with E-state index in [2.05, 4.69) is 37.1 Å². The molecule has 0 bridgehead atoms. The topological polar surface area (TPSA) is 110 Å². The van der Waals surface area contributed by atoms with E-state index < -0.39 is 9.71 Å². The van der Waals surface area contributed by atoms with Crippen molar-refractivity contribution in [2.45, 2.75) is 25.3 Å². The SMILES string of the molecule is C=S(N)(=O)c1cccc(COc2cc3ncnc(NCC(C)(C)CO)c3cc2Br)c1. The molecule has 0 aliphatic heterocycles. The number of hydrogen-bond donors (Lipinski definition) is 3. The van der Waals surface area contributed by atoms with Crippen LogP contribution >= 0.6 is 15.9 Å². The van der Waals surface area contributed by atoms with Crippen LogP contribution in [0.3, 0.4) is 0 Å². The summed E-state index contributed by atoms with van der Waals surface area (Å²) in [6.45, 7) is 4.85. The fourth-order valence-electron chi connectivity index (χ4n) is 2.70. The van der Waals surface area contributed by atoms with Crippen LogP contribution < -0.4 is 15.2 Å². The molecule has 160 valence electrons. The van der Waals surface area contributed by atoms with E-state index in [0.29, 0.717) is 23.0 Å². The van der Waals surface area contributed by atoms with Crippen LogP contribution in [0, 0.1) is 5.41 Å². The summed E-state index contributed by atoms with van der Waals surface area (Å²) in [6, 6.07) is 10.8. The lowest BCUT2D eigenvalue weighted by atomic mass is 9.95. The van der Waals surface area contributed by atoms with Crippen LogP contribution in [-0.4, -0.2) is 38.3 Å². The van der Waals surface area contributed by atoms with Gasteiger partial charge in [0.1, 0.15) is 24.5 Å². The summed E-state index contributed by atoms with van der Waals surface area (Å²) in [7, 11) is -2.77. The first-order valence-electron chi connectivity index (χ1n) is 9.25. The lowest BCUT2D eigenvalue weighted by Crippen LogP contribution is -2.27. The van der Waals surface area contributed by atoms with Crippen molar-refractivity contribution in [2.24, 2.45) is 10.6 Å². The number of rotatable bonds is 8. The van der Waals surface area contributed by atoms with Gasteiger partial charge < -0.3 is 15.2 Å². The predicted octanol–water partition coefficient (Wildman–Crippen LogP) is 3.35. The van der Waals surface area contributed by atoms with Gasteiger partial charge in [-0.25, -0.2) is 14.2 Å². The van der Waals surface area contributed by atoms with Gasteiger partial charge in [-0.1, -0.05) is 26.0 Å². The Bertz CT molecular complexity index is 1170.